The van der Waals surface area contributed by atoms with E-state index in [1.54, 1.807) is 0 Å². The molecule has 1 aromatic carbocycles. The van der Waals surface area contributed by atoms with Gasteiger partial charge in [0, 0.05) is 12.6 Å². The van der Waals surface area contributed by atoms with Crippen LogP contribution in [0.3, 0.4) is 0 Å². The smallest absolute Gasteiger partial charge is 0.326 e. The van der Waals surface area contributed by atoms with E-state index in [-0.39, 0.29) is 0 Å². The van der Waals surface area contributed by atoms with Crippen molar-refractivity contribution in [1.29, 1.82) is 0 Å². The number of benzene rings is 1. The number of hydrogen-bond acceptors (Lipinski definition) is 5. The molecule has 0 bridgehead atoms. The molecule has 0 radical (unpaired) electrons. The van der Waals surface area contributed by atoms with E-state index in [9.17, 15) is 9.90 Å². The summed E-state index contributed by atoms with van der Waals surface area (Å²) in [6.07, 6.45) is 4.86. The number of nitrogens with one attached hydrogen (secondary N) is 1. The summed E-state index contributed by atoms with van der Waals surface area (Å²) in [5.74, 6) is 0.624. The van der Waals surface area contributed by atoms with Crippen LogP contribution in [0.5, 0.6) is 0 Å². The molecule has 2 aliphatic rings. The van der Waals surface area contributed by atoms with Gasteiger partial charge < -0.3 is 15.3 Å². The molecule has 1 saturated carbocycles. The van der Waals surface area contributed by atoms with Gasteiger partial charge >= 0.3 is 5.97 Å². The van der Waals surface area contributed by atoms with Gasteiger partial charge in [-0.05, 0) is 44.2 Å². The standard InChI is InChI=1S/C17H20N4O2/c22-17(23)14-7-3-4-10-21(14)16-15(18-11-8-9-11)19-12-5-1-2-6-13(12)20-16/h1-2,5-6,11,14H,3-4,7-10H2,(H,18,19)(H,22,23)/t14-/m1/s1. The number of fused-ring (bicyclic) bond motifs is 1. The lowest BCUT2D eigenvalue weighted by Crippen LogP contribution is -2.45. The number of carboxylic acids is 1. The highest BCUT2D eigenvalue weighted by Gasteiger charge is 2.33. The van der Waals surface area contributed by atoms with Crippen molar-refractivity contribution in [2.24, 2.45) is 0 Å². The van der Waals surface area contributed by atoms with Gasteiger partial charge in [0.15, 0.2) is 11.6 Å². The first kappa shape index (κ1) is 14.2. The first-order valence-electron chi connectivity index (χ1n) is 8.25. The van der Waals surface area contributed by atoms with Gasteiger partial charge in [0.2, 0.25) is 0 Å². The number of nitrogens with zero attached hydrogens (tertiary/aromatic N) is 3. The fourth-order valence-electron chi connectivity index (χ4n) is 3.15. The zero-order chi connectivity index (χ0) is 15.8. The van der Waals surface area contributed by atoms with Crippen LogP contribution >= 0.6 is 0 Å². The second kappa shape index (κ2) is 5.68. The topological polar surface area (TPSA) is 78.3 Å². The Morgan fingerprint density at radius 2 is 1.87 bits per heavy atom. The van der Waals surface area contributed by atoms with Crippen molar-refractivity contribution in [3.63, 3.8) is 0 Å². The number of piperidine rings is 1. The van der Waals surface area contributed by atoms with Crippen LogP contribution in [0.15, 0.2) is 24.3 Å². The van der Waals surface area contributed by atoms with Crippen LogP contribution in [0.2, 0.25) is 0 Å². The van der Waals surface area contributed by atoms with Crippen LogP contribution in [-0.2, 0) is 4.79 Å². The van der Waals surface area contributed by atoms with Gasteiger partial charge in [-0.1, -0.05) is 12.1 Å². The quantitative estimate of drug-likeness (QED) is 0.903. The van der Waals surface area contributed by atoms with Crippen molar-refractivity contribution >= 4 is 28.6 Å². The highest BCUT2D eigenvalue weighted by Crippen LogP contribution is 2.33. The van der Waals surface area contributed by atoms with Gasteiger partial charge in [-0.25, -0.2) is 14.8 Å². The molecule has 6 nitrogen and oxygen atoms in total. The van der Waals surface area contributed by atoms with E-state index < -0.39 is 12.0 Å². The molecule has 1 atom stereocenters. The fraction of sp³-hybridized carbons (Fsp3) is 0.471. The van der Waals surface area contributed by atoms with Gasteiger partial charge in [-0.2, -0.15) is 0 Å². The molecule has 0 amide bonds. The minimum atomic E-state index is -0.781. The zero-order valence-electron chi connectivity index (χ0n) is 12.9. The Bertz CT molecular complexity index is 744. The van der Waals surface area contributed by atoms with Crippen LogP contribution in [0.4, 0.5) is 11.6 Å². The number of aliphatic carboxylic acids is 1. The molecular formula is C17H20N4O2. The molecule has 2 fully saturated rings. The van der Waals surface area contributed by atoms with Gasteiger partial charge in [0.1, 0.15) is 6.04 Å². The van der Waals surface area contributed by atoms with E-state index in [4.69, 9.17) is 9.97 Å². The van der Waals surface area contributed by atoms with E-state index in [2.05, 4.69) is 5.32 Å². The van der Waals surface area contributed by atoms with Crippen LogP contribution in [0.25, 0.3) is 11.0 Å². The number of hydrogen-bond donors (Lipinski definition) is 2. The SMILES string of the molecule is O=C(O)[C@H]1CCCCN1c1nc2ccccc2nc1NC1CC1. The second-order valence-electron chi connectivity index (χ2n) is 6.35. The lowest BCUT2D eigenvalue weighted by atomic mass is 10.0. The molecule has 1 saturated heterocycles. The van der Waals surface area contributed by atoms with Crippen LogP contribution in [-0.4, -0.2) is 39.7 Å². The number of carboxylic acid groups (broad SMARTS) is 1. The summed E-state index contributed by atoms with van der Waals surface area (Å²) in [6, 6.07) is 7.66. The van der Waals surface area contributed by atoms with Gasteiger partial charge in [0.05, 0.1) is 11.0 Å². The number of rotatable bonds is 4. The van der Waals surface area contributed by atoms with E-state index in [0.29, 0.717) is 24.8 Å². The molecule has 2 heterocycles. The Morgan fingerprint density at radius 3 is 2.57 bits per heavy atom. The van der Waals surface area contributed by atoms with Crippen molar-refractivity contribution in [3.05, 3.63) is 24.3 Å². The lowest BCUT2D eigenvalue weighted by Gasteiger charge is -2.34. The van der Waals surface area contributed by atoms with Crippen molar-refractivity contribution in [1.82, 2.24) is 9.97 Å². The molecule has 1 aliphatic carbocycles. The van der Waals surface area contributed by atoms with Crippen molar-refractivity contribution < 1.29 is 9.90 Å². The highest BCUT2D eigenvalue weighted by atomic mass is 16.4. The number of anilines is 2. The molecule has 0 spiro atoms. The van der Waals surface area contributed by atoms with E-state index in [1.807, 2.05) is 29.2 Å². The minimum absolute atomic E-state index is 0.442. The molecule has 23 heavy (non-hydrogen) atoms. The Labute approximate surface area is 134 Å². The van der Waals surface area contributed by atoms with Gasteiger partial charge in [-0.3, -0.25) is 0 Å². The summed E-state index contributed by atoms with van der Waals surface area (Å²) < 4.78 is 0. The van der Waals surface area contributed by atoms with Gasteiger partial charge in [-0.15, -0.1) is 0 Å². The summed E-state index contributed by atoms with van der Waals surface area (Å²) >= 11 is 0. The predicted octanol–water partition coefficient (Wildman–Crippen LogP) is 2.65. The molecule has 6 heteroatoms. The Morgan fingerprint density at radius 1 is 1.13 bits per heavy atom. The third kappa shape index (κ3) is 2.81. The van der Waals surface area contributed by atoms with Crippen molar-refractivity contribution in [3.8, 4) is 0 Å². The molecule has 0 unspecified atom stereocenters. The molecule has 2 N–H and O–H groups in total. The lowest BCUT2D eigenvalue weighted by molar-refractivity contribution is -0.139. The van der Waals surface area contributed by atoms with E-state index in [1.165, 1.54) is 0 Å². The minimum Gasteiger partial charge on any atom is -0.480 e. The third-order valence-electron chi connectivity index (χ3n) is 4.53. The summed E-state index contributed by atoms with van der Waals surface area (Å²) in [7, 11) is 0. The summed E-state index contributed by atoms with van der Waals surface area (Å²) in [5, 5.41) is 13.0. The largest absolute Gasteiger partial charge is 0.480 e. The maximum Gasteiger partial charge on any atom is 0.326 e. The third-order valence-corrected chi connectivity index (χ3v) is 4.53. The van der Waals surface area contributed by atoms with Crippen LogP contribution < -0.4 is 10.2 Å². The normalized spacial score (nSPS) is 21.4. The molecule has 2 aromatic rings. The van der Waals surface area contributed by atoms with Crippen LogP contribution in [0, 0.1) is 0 Å². The Kier molecular flexibility index (Phi) is 3.52. The van der Waals surface area contributed by atoms with E-state index in [0.717, 1.165) is 42.5 Å². The second-order valence-corrected chi connectivity index (χ2v) is 6.35. The van der Waals surface area contributed by atoms with E-state index >= 15 is 0 Å². The number of carbonyl (C=O) groups is 1. The molecule has 1 aliphatic heterocycles. The summed E-state index contributed by atoms with van der Waals surface area (Å²) in [4.78, 5) is 23.0. The maximum absolute atomic E-state index is 11.6. The Hall–Kier alpha value is -2.37. The molecule has 120 valence electrons. The van der Waals surface area contributed by atoms with Crippen molar-refractivity contribution in [2.75, 3.05) is 16.8 Å². The molecular weight excluding hydrogens is 292 g/mol. The number of para-hydroxylation sites is 2. The van der Waals surface area contributed by atoms with Crippen LogP contribution in [0.1, 0.15) is 32.1 Å². The molecule has 1 aromatic heterocycles. The average molecular weight is 312 g/mol. The Balaban J connectivity index is 1.80. The van der Waals surface area contributed by atoms with Gasteiger partial charge in [0.25, 0.3) is 0 Å². The zero-order valence-corrected chi connectivity index (χ0v) is 12.9. The average Bonchev–Trinajstić information content (AvgIpc) is 3.38. The maximum atomic E-state index is 11.6. The first-order valence-corrected chi connectivity index (χ1v) is 8.25. The number of aromatic nitrogens is 2. The predicted molar refractivity (Wildman–Crippen MR) is 88.8 cm³/mol. The highest BCUT2D eigenvalue weighted by molar-refractivity contribution is 5.84. The summed E-state index contributed by atoms with van der Waals surface area (Å²) in [5.41, 5.74) is 1.64. The first-order chi connectivity index (χ1) is 11.2. The monoisotopic (exact) mass is 312 g/mol. The molecule has 4 rings (SSSR count). The fourth-order valence-corrected chi connectivity index (χ4v) is 3.15. The summed E-state index contributed by atoms with van der Waals surface area (Å²) in [6.45, 7) is 0.712. The van der Waals surface area contributed by atoms with Crippen molar-refractivity contribution in [2.45, 2.75) is 44.2 Å².